The molecule has 1 saturated heterocycles. The molecule has 2 atom stereocenters. The summed E-state index contributed by atoms with van der Waals surface area (Å²) < 4.78 is 5.43. The first-order valence-electron chi connectivity index (χ1n) is 6.38. The molecule has 0 amide bonds. The third-order valence-electron chi connectivity index (χ3n) is 3.94. The van der Waals surface area contributed by atoms with Gasteiger partial charge in [0.25, 0.3) is 0 Å². The van der Waals surface area contributed by atoms with Gasteiger partial charge in [-0.25, -0.2) is 4.79 Å². The van der Waals surface area contributed by atoms with Crippen LogP contribution in [0.1, 0.15) is 33.1 Å². The summed E-state index contributed by atoms with van der Waals surface area (Å²) in [5.74, 6) is 1.40. The van der Waals surface area contributed by atoms with Crippen LogP contribution in [0.15, 0.2) is 23.5 Å². The molecule has 0 radical (unpaired) electrons. The van der Waals surface area contributed by atoms with Gasteiger partial charge in [0.2, 0.25) is 0 Å². The standard InChI is InChI=1S/C14H21NO2/c1-4-10(2)14(16)17-12-6-5-11-7-8-15(3)13(11)9-12/h4,9,11,13H,5-8H2,1-3H3/b10-4+. The van der Waals surface area contributed by atoms with E-state index in [4.69, 9.17) is 4.74 Å². The largest absolute Gasteiger partial charge is 0.428 e. The van der Waals surface area contributed by atoms with Gasteiger partial charge >= 0.3 is 5.97 Å². The van der Waals surface area contributed by atoms with Crippen molar-refractivity contribution in [3.8, 4) is 0 Å². The Kier molecular flexibility index (Phi) is 3.67. The second-order valence-electron chi connectivity index (χ2n) is 5.05. The Morgan fingerprint density at radius 1 is 1.53 bits per heavy atom. The van der Waals surface area contributed by atoms with E-state index in [9.17, 15) is 4.79 Å². The monoisotopic (exact) mass is 235 g/mol. The van der Waals surface area contributed by atoms with Crippen molar-refractivity contribution in [2.75, 3.05) is 13.6 Å². The first kappa shape index (κ1) is 12.4. The lowest BCUT2D eigenvalue weighted by Gasteiger charge is -2.27. The van der Waals surface area contributed by atoms with E-state index >= 15 is 0 Å². The van der Waals surface area contributed by atoms with E-state index in [2.05, 4.69) is 18.0 Å². The maximum Gasteiger partial charge on any atom is 0.338 e. The third-order valence-corrected chi connectivity index (χ3v) is 3.94. The lowest BCUT2D eigenvalue weighted by Crippen LogP contribution is -2.30. The second kappa shape index (κ2) is 5.05. The highest BCUT2D eigenvalue weighted by Gasteiger charge is 2.33. The molecular weight excluding hydrogens is 214 g/mol. The molecule has 2 unspecified atom stereocenters. The second-order valence-corrected chi connectivity index (χ2v) is 5.05. The van der Waals surface area contributed by atoms with Gasteiger partial charge < -0.3 is 4.74 Å². The average molecular weight is 235 g/mol. The number of carbonyl (C=O) groups excluding carboxylic acids is 1. The number of fused-ring (bicyclic) bond motifs is 1. The molecule has 0 aromatic carbocycles. The highest BCUT2D eigenvalue weighted by atomic mass is 16.5. The topological polar surface area (TPSA) is 29.5 Å². The molecule has 1 aliphatic heterocycles. The van der Waals surface area contributed by atoms with Crippen molar-refractivity contribution in [1.29, 1.82) is 0 Å². The Labute approximate surface area is 103 Å². The minimum atomic E-state index is -0.210. The molecule has 17 heavy (non-hydrogen) atoms. The Balaban J connectivity index is 2.03. The van der Waals surface area contributed by atoms with E-state index in [0.29, 0.717) is 11.6 Å². The molecular formula is C14H21NO2. The zero-order chi connectivity index (χ0) is 12.4. The van der Waals surface area contributed by atoms with Crippen molar-refractivity contribution in [2.45, 2.75) is 39.2 Å². The fourth-order valence-electron chi connectivity index (χ4n) is 2.63. The molecule has 3 nitrogen and oxygen atoms in total. The molecule has 1 fully saturated rings. The molecule has 1 aliphatic carbocycles. The molecule has 3 heteroatoms. The van der Waals surface area contributed by atoms with Crippen molar-refractivity contribution < 1.29 is 9.53 Å². The number of hydrogen-bond acceptors (Lipinski definition) is 3. The summed E-state index contributed by atoms with van der Waals surface area (Å²) in [6, 6.07) is 0.470. The SMILES string of the molecule is C/C=C(\C)C(=O)OC1=CC2C(CC1)CCN2C. The molecule has 0 bridgehead atoms. The Morgan fingerprint density at radius 2 is 2.29 bits per heavy atom. The number of allylic oxidation sites excluding steroid dienone is 2. The van der Waals surface area contributed by atoms with E-state index in [-0.39, 0.29) is 5.97 Å². The number of hydrogen-bond donors (Lipinski definition) is 0. The lowest BCUT2D eigenvalue weighted by atomic mass is 9.89. The summed E-state index contributed by atoms with van der Waals surface area (Å²) in [6.07, 6.45) is 7.24. The molecule has 1 heterocycles. The fraction of sp³-hybridized carbons (Fsp3) is 0.643. The van der Waals surface area contributed by atoms with E-state index < -0.39 is 0 Å². The molecule has 0 N–H and O–H groups in total. The normalized spacial score (nSPS) is 29.8. The molecule has 2 aliphatic rings. The summed E-state index contributed by atoms with van der Waals surface area (Å²) in [5.41, 5.74) is 0.674. The van der Waals surface area contributed by atoms with Crippen LogP contribution in [0.2, 0.25) is 0 Å². The number of likely N-dealkylation sites (N-methyl/N-ethyl adjacent to an activating group) is 1. The van der Waals surface area contributed by atoms with Crippen LogP contribution in [-0.2, 0) is 9.53 Å². The summed E-state index contributed by atoms with van der Waals surface area (Å²) in [7, 11) is 2.14. The quantitative estimate of drug-likeness (QED) is 0.544. The number of esters is 1. The van der Waals surface area contributed by atoms with Gasteiger partial charge in [-0.1, -0.05) is 6.08 Å². The predicted molar refractivity (Wildman–Crippen MR) is 67.4 cm³/mol. The molecule has 0 aromatic heterocycles. The highest BCUT2D eigenvalue weighted by Crippen LogP contribution is 2.34. The number of carbonyl (C=O) groups is 1. The zero-order valence-corrected chi connectivity index (χ0v) is 10.9. The lowest BCUT2D eigenvalue weighted by molar-refractivity contribution is -0.135. The molecule has 0 saturated carbocycles. The smallest absolute Gasteiger partial charge is 0.338 e. The Hall–Kier alpha value is -1.09. The van der Waals surface area contributed by atoms with Crippen molar-refractivity contribution >= 4 is 5.97 Å². The predicted octanol–water partition coefficient (Wildman–Crippen LogP) is 2.49. The summed E-state index contributed by atoms with van der Waals surface area (Å²) in [5, 5.41) is 0. The van der Waals surface area contributed by atoms with E-state index in [1.165, 1.54) is 6.42 Å². The Morgan fingerprint density at radius 3 is 3.00 bits per heavy atom. The van der Waals surface area contributed by atoms with E-state index in [1.54, 1.807) is 13.0 Å². The van der Waals surface area contributed by atoms with Gasteiger partial charge in [-0.2, -0.15) is 0 Å². The van der Waals surface area contributed by atoms with Crippen LogP contribution < -0.4 is 0 Å². The molecule has 0 spiro atoms. The molecule has 94 valence electrons. The highest BCUT2D eigenvalue weighted by molar-refractivity contribution is 5.88. The van der Waals surface area contributed by atoms with Gasteiger partial charge in [0.1, 0.15) is 5.76 Å². The van der Waals surface area contributed by atoms with Crippen LogP contribution in [-0.4, -0.2) is 30.5 Å². The average Bonchev–Trinajstić information content (AvgIpc) is 2.70. The Bertz CT molecular complexity index is 370. The van der Waals surface area contributed by atoms with E-state index in [0.717, 1.165) is 31.1 Å². The first-order chi connectivity index (χ1) is 8.11. The summed E-state index contributed by atoms with van der Waals surface area (Å²) in [4.78, 5) is 14.0. The fourth-order valence-corrected chi connectivity index (χ4v) is 2.63. The van der Waals surface area contributed by atoms with Gasteiger partial charge in [-0.15, -0.1) is 0 Å². The molecule has 0 aromatic rings. The number of rotatable bonds is 2. The van der Waals surface area contributed by atoms with Crippen LogP contribution in [0, 0.1) is 5.92 Å². The van der Waals surface area contributed by atoms with Gasteiger partial charge in [-0.05, 0) is 52.3 Å². The van der Waals surface area contributed by atoms with Crippen molar-refractivity contribution in [1.82, 2.24) is 4.90 Å². The van der Waals surface area contributed by atoms with Gasteiger partial charge in [0, 0.05) is 18.0 Å². The summed E-state index contributed by atoms with van der Waals surface area (Å²) in [6.45, 7) is 4.80. The first-order valence-corrected chi connectivity index (χ1v) is 6.38. The number of likely N-dealkylation sites (tertiary alicyclic amines) is 1. The van der Waals surface area contributed by atoms with Crippen molar-refractivity contribution in [3.63, 3.8) is 0 Å². The van der Waals surface area contributed by atoms with Gasteiger partial charge in [-0.3, -0.25) is 4.90 Å². The third kappa shape index (κ3) is 2.60. The zero-order valence-electron chi connectivity index (χ0n) is 10.9. The number of ether oxygens (including phenoxy) is 1. The minimum Gasteiger partial charge on any atom is -0.428 e. The van der Waals surface area contributed by atoms with Crippen LogP contribution in [0.3, 0.4) is 0 Å². The minimum absolute atomic E-state index is 0.210. The van der Waals surface area contributed by atoms with Gasteiger partial charge in [0.05, 0.1) is 0 Å². The maximum atomic E-state index is 11.7. The van der Waals surface area contributed by atoms with Gasteiger partial charge in [0.15, 0.2) is 0 Å². The van der Waals surface area contributed by atoms with E-state index in [1.807, 2.05) is 6.92 Å². The van der Waals surface area contributed by atoms with Crippen molar-refractivity contribution in [3.05, 3.63) is 23.5 Å². The van der Waals surface area contributed by atoms with Crippen LogP contribution in [0.4, 0.5) is 0 Å². The summed E-state index contributed by atoms with van der Waals surface area (Å²) >= 11 is 0. The van der Waals surface area contributed by atoms with Crippen LogP contribution >= 0.6 is 0 Å². The number of nitrogens with zero attached hydrogens (tertiary/aromatic N) is 1. The van der Waals surface area contributed by atoms with Crippen LogP contribution in [0.5, 0.6) is 0 Å². The van der Waals surface area contributed by atoms with Crippen LogP contribution in [0.25, 0.3) is 0 Å². The molecule has 2 rings (SSSR count). The maximum absolute atomic E-state index is 11.7. The van der Waals surface area contributed by atoms with Crippen molar-refractivity contribution in [2.24, 2.45) is 5.92 Å².